The third-order valence-electron chi connectivity index (χ3n) is 2.63. The molecule has 0 aliphatic heterocycles. The Bertz CT molecular complexity index is 683. The molecule has 1 heterocycles. The van der Waals surface area contributed by atoms with Crippen LogP contribution >= 0.6 is 22.9 Å². The number of carbonyl (C=O) groups excluding carboxylic acids is 2. The first kappa shape index (κ1) is 15.3. The molecule has 0 saturated carbocycles. The molecule has 0 saturated heterocycles. The van der Waals surface area contributed by atoms with Crippen molar-refractivity contribution >= 4 is 40.5 Å². The van der Waals surface area contributed by atoms with Gasteiger partial charge in [-0.1, -0.05) is 11.6 Å². The fourth-order valence-electron chi connectivity index (χ4n) is 1.61. The van der Waals surface area contributed by atoms with Crippen molar-refractivity contribution in [1.82, 2.24) is 0 Å². The van der Waals surface area contributed by atoms with Crippen LogP contribution in [0.3, 0.4) is 0 Å². The average Bonchev–Trinajstić information content (AvgIpc) is 2.96. The van der Waals surface area contributed by atoms with E-state index in [1.807, 2.05) is 0 Å². The molecule has 7 heteroatoms. The van der Waals surface area contributed by atoms with E-state index in [0.717, 1.165) is 11.3 Å². The highest BCUT2D eigenvalue weighted by molar-refractivity contribution is 7.16. The van der Waals surface area contributed by atoms with Gasteiger partial charge in [0.05, 0.1) is 24.1 Å². The first-order chi connectivity index (χ1) is 10.0. The summed E-state index contributed by atoms with van der Waals surface area (Å²) >= 11 is 7.05. The average molecular weight is 326 g/mol. The van der Waals surface area contributed by atoms with E-state index in [0.29, 0.717) is 26.2 Å². The van der Waals surface area contributed by atoms with Crippen molar-refractivity contribution in [2.45, 2.75) is 0 Å². The summed E-state index contributed by atoms with van der Waals surface area (Å²) in [6.45, 7) is 0. The predicted octanol–water partition coefficient (Wildman–Crippen LogP) is 3.45. The summed E-state index contributed by atoms with van der Waals surface area (Å²) in [7, 11) is 2.81. The summed E-state index contributed by atoms with van der Waals surface area (Å²) in [4.78, 5) is 24.2. The van der Waals surface area contributed by atoms with Crippen LogP contribution in [-0.4, -0.2) is 26.1 Å². The van der Waals surface area contributed by atoms with Gasteiger partial charge >= 0.3 is 5.97 Å². The summed E-state index contributed by atoms with van der Waals surface area (Å²) in [6, 6.07) is 8.04. The summed E-state index contributed by atoms with van der Waals surface area (Å²) in [5, 5.41) is 3.10. The Morgan fingerprint density at radius 3 is 2.48 bits per heavy atom. The fraction of sp³-hybridized carbons (Fsp3) is 0.143. The number of nitrogens with one attached hydrogen (secondary N) is 1. The van der Waals surface area contributed by atoms with Gasteiger partial charge in [0, 0.05) is 5.69 Å². The Morgan fingerprint density at radius 1 is 1.14 bits per heavy atom. The lowest BCUT2D eigenvalue weighted by Crippen LogP contribution is -2.10. The Balaban J connectivity index is 2.12. The van der Waals surface area contributed by atoms with Crippen LogP contribution in [0.1, 0.15) is 19.3 Å². The maximum Gasteiger partial charge on any atom is 0.348 e. The van der Waals surface area contributed by atoms with Crippen LogP contribution in [0.2, 0.25) is 5.02 Å². The lowest BCUT2D eigenvalue weighted by molar-refractivity contribution is 0.0606. The zero-order valence-corrected chi connectivity index (χ0v) is 12.9. The molecule has 1 amide bonds. The molecular formula is C14H12ClNO4S. The van der Waals surface area contributed by atoms with Crippen molar-refractivity contribution in [3.05, 3.63) is 45.1 Å². The van der Waals surface area contributed by atoms with Crippen LogP contribution in [-0.2, 0) is 4.74 Å². The maximum atomic E-state index is 12.1. The van der Waals surface area contributed by atoms with Crippen LogP contribution < -0.4 is 10.1 Å². The van der Waals surface area contributed by atoms with E-state index in [1.165, 1.54) is 14.2 Å². The van der Waals surface area contributed by atoms with Gasteiger partial charge in [0.1, 0.15) is 10.6 Å². The summed E-state index contributed by atoms with van der Waals surface area (Å²) in [5.74, 6) is -0.262. The fourth-order valence-corrected chi connectivity index (χ4v) is 2.68. The van der Waals surface area contributed by atoms with Crippen LogP contribution in [0.15, 0.2) is 30.3 Å². The first-order valence-corrected chi connectivity index (χ1v) is 7.07. The SMILES string of the molecule is COC(=O)c1ccc(C(=O)Nc2ccc(OC)c(Cl)c2)s1. The van der Waals surface area contributed by atoms with Crippen LogP contribution in [0.4, 0.5) is 5.69 Å². The van der Waals surface area contributed by atoms with Gasteiger partial charge in [-0.15, -0.1) is 11.3 Å². The number of rotatable bonds is 4. The van der Waals surface area contributed by atoms with Crippen molar-refractivity contribution in [3.63, 3.8) is 0 Å². The number of amides is 1. The number of carbonyl (C=O) groups is 2. The second-order valence-corrected chi connectivity index (χ2v) is 5.45. The second-order valence-electron chi connectivity index (χ2n) is 3.96. The molecule has 0 spiro atoms. The normalized spacial score (nSPS) is 10.0. The number of ether oxygens (including phenoxy) is 2. The molecule has 110 valence electrons. The van der Waals surface area contributed by atoms with Crippen LogP contribution in [0.5, 0.6) is 5.75 Å². The van der Waals surface area contributed by atoms with Crippen LogP contribution in [0.25, 0.3) is 0 Å². The molecule has 0 unspecified atom stereocenters. The zero-order valence-electron chi connectivity index (χ0n) is 11.3. The molecule has 0 bridgehead atoms. The summed E-state index contributed by atoms with van der Waals surface area (Å²) in [5.41, 5.74) is 0.541. The van der Waals surface area contributed by atoms with Crippen molar-refractivity contribution in [2.75, 3.05) is 19.5 Å². The Kier molecular flexibility index (Phi) is 4.82. The lowest BCUT2D eigenvalue weighted by Gasteiger charge is -2.07. The molecule has 21 heavy (non-hydrogen) atoms. The lowest BCUT2D eigenvalue weighted by atomic mass is 10.3. The van der Waals surface area contributed by atoms with E-state index in [1.54, 1.807) is 30.3 Å². The Morgan fingerprint density at radius 2 is 1.86 bits per heavy atom. The highest BCUT2D eigenvalue weighted by Gasteiger charge is 2.14. The molecule has 2 aromatic rings. The number of hydrogen-bond acceptors (Lipinski definition) is 5. The van der Waals surface area contributed by atoms with E-state index in [-0.39, 0.29) is 5.91 Å². The largest absolute Gasteiger partial charge is 0.495 e. The first-order valence-electron chi connectivity index (χ1n) is 5.88. The van der Waals surface area contributed by atoms with Gasteiger partial charge in [0.25, 0.3) is 5.91 Å². The Labute approximate surface area is 130 Å². The third kappa shape index (κ3) is 3.53. The van der Waals surface area contributed by atoms with Gasteiger partial charge in [0.15, 0.2) is 0 Å². The topological polar surface area (TPSA) is 64.6 Å². The predicted molar refractivity (Wildman–Crippen MR) is 81.6 cm³/mol. The summed E-state index contributed by atoms with van der Waals surface area (Å²) < 4.78 is 9.63. The van der Waals surface area contributed by atoms with Gasteiger partial charge in [-0.3, -0.25) is 4.79 Å². The van der Waals surface area contributed by atoms with Crippen molar-refractivity contribution in [1.29, 1.82) is 0 Å². The van der Waals surface area contributed by atoms with E-state index in [4.69, 9.17) is 16.3 Å². The van der Waals surface area contributed by atoms with Gasteiger partial charge in [-0.25, -0.2) is 4.79 Å². The van der Waals surface area contributed by atoms with Crippen LogP contribution in [0, 0.1) is 0 Å². The molecular weight excluding hydrogens is 314 g/mol. The highest BCUT2D eigenvalue weighted by Crippen LogP contribution is 2.28. The molecule has 0 aliphatic rings. The van der Waals surface area contributed by atoms with Crippen molar-refractivity contribution in [3.8, 4) is 5.75 Å². The van der Waals surface area contributed by atoms with E-state index < -0.39 is 5.97 Å². The number of benzene rings is 1. The second kappa shape index (κ2) is 6.60. The van der Waals surface area contributed by atoms with Crippen molar-refractivity contribution < 1.29 is 19.1 Å². The molecule has 1 N–H and O–H groups in total. The number of anilines is 1. The van der Waals surface area contributed by atoms with E-state index in [2.05, 4.69) is 10.1 Å². The zero-order chi connectivity index (χ0) is 15.4. The number of thiophene rings is 1. The minimum Gasteiger partial charge on any atom is -0.495 e. The molecule has 0 aliphatic carbocycles. The number of hydrogen-bond donors (Lipinski definition) is 1. The monoisotopic (exact) mass is 325 g/mol. The van der Waals surface area contributed by atoms with E-state index in [9.17, 15) is 9.59 Å². The molecule has 1 aromatic carbocycles. The number of methoxy groups -OCH3 is 2. The molecule has 0 fully saturated rings. The van der Waals surface area contributed by atoms with Crippen molar-refractivity contribution in [2.24, 2.45) is 0 Å². The van der Waals surface area contributed by atoms with Gasteiger partial charge in [-0.2, -0.15) is 0 Å². The van der Waals surface area contributed by atoms with Gasteiger partial charge in [-0.05, 0) is 30.3 Å². The minimum atomic E-state index is -0.466. The summed E-state index contributed by atoms with van der Waals surface area (Å²) in [6.07, 6.45) is 0. The maximum absolute atomic E-state index is 12.1. The quantitative estimate of drug-likeness (QED) is 0.874. The third-order valence-corrected chi connectivity index (χ3v) is 3.99. The number of halogens is 1. The minimum absolute atomic E-state index is 0.323. The van der Waals surface area contributed by atoms with Gasteiger partial charge < -0.3 is 14.8 Å². The molecule has 0 radical (unpaired) electrons. The smallest absolute Gasteiger partial charge is 0.348 e. The van der Waals surface area contributed by atoms with Gasteiger partial charge in [0.2, 0.25) is 0 Å². The van der Waals surface area contributed by atoms with E-state index >= 15 is 0 Å². The highest BCUT2D eigenvalue weighted by atomic mass is 35.5. The Hall–Kier alpha value is -2.05. The molecule has 0 atom stereocenters. The molecule has 1 aromatic heterocycles. The molecule has 5 nitrogen and oxygen atoms in total. The standard InChI is InChI=1S/C14H12ClNO4S/c1-19-10-4-3-8(7-9(10)15)16-13(17)11-5-6-12(21-11)14(18)20-2/h3-7H,1-2H3,(H,16,17). The number of esters is 1. The molecule has 2 rings (SSSR count).